The van der Waals surface area contributed by atoms with Gasteiger partial charge in [0.1, 0.15) is 18.1 Å². The minimum absolute atomic E-state index is 0.00150. The van der Waals surface area contributed by atoms with Crippen LogP contribution in [0, 0.1) is 5.92 Å². The molecule has 1 heterocycles. The average molecular weight is 503 g/mol. The lowest BCUT2D eigenvalue weighted by molar-refractivity contribution is -0.123. The van der Waals surface area contributed by atoms with Crippen LogP contribution in [0.1, 0.15) is 29.5 Å². The maximum Gasteiger partial charge on any atom is 0.257 e. The predicted molar refractivity (Wildman–Crippen MR) is 143 cm³/mol. The summed E-state index contributed by atoms with van der Waals surface area (Å²) >= 11 is 0. The first kappa shape index (κ1) is 26.2. The number of ether oxygens (including phenoxy) is 3. The number of oxime groups is 1. The van der Waals surface area contributed by atoms with Crippen LogP contribution in [0.3, 0.4) is 0 Å². The van der Waals surface area contributed by atoms with E-state index in [1.165, 1.54) is 0 Å². The largest absolute Gasteiger partial charge is 0.497 e. The van der Waals surface area contributed by atoms with E-state index in [0.717, 1.165) is 54.2 Å². The lowest BCUT2D eigenvalue weighted by Gasteiger charge is -2.22. The molecule has 1 aliphatic heterocycles. The van der Waals surface area contributed by atoms with E-state index in [4.69, 9.17) is 19.0 Å². The van der Waals surface area contributed by atoms with Gasteiger partial charge in [0.05, 0.1) is 12.8 Å². The molecule has 0 radical (unpaired) electrons. The van der Waals surface area contributed by atoms with Crippen molar-refractivity contribution in [2.75, 3.05) is 33.5 Å². The lowest BCUT2D eigenvalue weighted by Crippen LogP contribution is -2.35. The molecule has 1 amide bonds. The van der Waals surface area contributed by atoms with E-state index in [1.54, 1.807) is 7.11 Å². The van der Waals surface area contributed by atoms with Crippen molar-refractivity contribution in [1.82, 2.24) is 5.32 Å². The fraction of sp³-hybridized carbons (Fsp3) is 0.333. The maximum atomic E-state index is 12.2. The zero-order chi connectivity index (χ0) is 25.7. The zero-order valence-corrected chi connectivity index (χ0v) is 21.2. The second-order valence-corrected chi connectivity index (χ2v) is 8.99. The summed E-state index contributed by atoms with van der Waals surface area (Å²) in [5.41, 5.74) is 3.90. The van der Waals surface area contributed by atoms with E-state index in [-0.39, 0.29) is 12.5 Å². The van der Waals surface area contributed by atoms with Crippen molar-refractivity contribution in [1.29, 1.82) is 0 Å². The minimum Gasteiger partial charge on any atom is -0.497 e. The molecule has 0 aliphatic carbocycles. The molecule has 7 heteroatoms. The molecule has 194 valence electrons. The van der Waals surface area contributed by atoms with Gasteiger partial charge in [-0.2, -0.15) is 0 Å². The van der Waals surface area contributed by atoms with Crippen molar-refractivity contribution >= 4 is 11.6 Å². The van der Waals surface area contributed by atoms with Gasteiger partial charge >= 0.3 is 0 Å². The molecule has 0 unspecified atom stereocenters. The van der Waals surface area contributed by atoms with Crippen molar-refractivity contribution in [2.45, 2.75) is 25.9 Å². The Morgan fingerprint density at radius 1 is 0.919 bits per heavy atom. The molecule has 1 fully saturated rings. The number of carbonyl (C=O) groups is 1. The monoisotopic (exact) mass is 502 g/mol. The third kappa shape index (κ3) is 8.65. The standard InChI is InChI=1S/C30H34N2O5/c1-34-27-11-9-25(10-12-27)21-37-32-29(26-5-3-2-4-6-26)19-23-7-13-28(14-8-23)36-22-30(33)31-20-24-15-17-35-18-16-24/h2-14,24H,15-22H2,1H3,(H,31,33). The number of hydrogen-bond donors (Lipinski definition) is 1. The highest BCUT2D eigenvalue weighted by Crippen LogP contribution is 2.17. The Morgan fingerprint density at radius 3 is 2.30 bits per heavy atom. The van der Waals surface area contributed by atoms with Gasteiger partial charge in [-0.05, 0) is 59.7 Å². The molecule has 1 N–H and O–H groups in total. The molecule has 0 spiro atoms. The van der Waals surface area contributed by atoms with Gasteiger partial charge in [-0.1, -0.05) is 59.8 Å². The Balaban J connectivity index is 1.30. The van der Waals surface area contributed by atoms with Crippen LogP contribution in [0.25, 0.3) is 0 Å². The minimum atomic E-state index is -0.108. The normalized spacial score (nSPS) is 14.1. The van der Waals surface area contributed by atoms with Gasteiger partial charge in [-0.25, -0.2) is 0 Å². The number of amides is 1. The Morgan fingerprint density at radius 2 is 1.59 bits per heavy atom. The van der Waals surface area contributed by atoms with E-state index in [9.17, 15) is 4.79 Å². The molecular weight excluding hydrogens is 468 g/mol. The van der Waals surface area contributed by atoms with Gasteiger partial charge in [0.15, 0.2) is 6.61 Å². The SMILES string of the molecule is COc1ccc(CON=C(Cc2ccc(OCC(=O)NCC3CCOCC3)cc2)c2ccccc2)cc1. The molecule has 0 bridgehead atoms. The zero-order valence-electron chi connectivity index (χ0n) is 21.2. The van der Waals surface area contributed by atoms with E-state index in [0.29, 0.717) is 31.2 Å². The molecule has 37 heavy (non-hydrogen) atoms. The van der Waals surface area contributed by atoms with Gasteiger partial charge in [0, 0.05) is 26.2 Å². The van der Waals surface area contributed by atoms with E-state index >= 15 is 0 Å². The van der Waals surface area contributed by atoms with Crippen molar-refractivity contribution in [3.8, 4) is 11.5 Å². The first-order chi connectivity index (χ1) is 18.2. The maximum absolute atomic E-state index is 12.2. The molecule has 0 atom stereocenters. The number of hydrogen-bond acceptors (Lipinski definition) is 6. The summed E-state index contributed by atoms with van der Waals surface area (Å²) in [5.74, 6) is 1.83. The smallest absolute Gasteiger partial charge is 0.257 e. The van der Waals surface area contributed by atoms with Gasteiger partial charge in [-0.3, -0.25) is 4.79 Å². The van der Waals surface area contributed by atoms with E-state index in [1.807, 2.05) is 78.9 Å². The summed E-state index contributed by atoms with van der Waals surface area (Å²) in [4.78, 5) is 17.9. The van der Waals surface area contributed by atoms with Crippen LogP contribution in [-0.2, 0) is 27.4 Å². The van der Waals surface area contributed by atoms with E-state index < -0.39 is 0 Å². The van der Waals surface area contributed by atoms with Crippen LogP contribution in [-0.4, -0.2) is 45.1 Å². The number of methoxy groups -OCH3 is 1. The topological polar surface area (TPSA) is 78.4 Å². The van der Waals surface area contributed by atoms with Gasteiger partial charge in [0.25, 0.3) is 5.91 Å². The molecule has 0 aromatic heterocycles. The van der Waals surface area contributed by atoms with Crippen molar-refractivity contribution in [3.05, 3.63) is 95.6 Å². The quantitative estimate of drug-likeness (QED) is 0.285. The summed E-state index contributed by atoms with van der Waals surface area (Å²) in [7, 11) is 1.65. The number of rotatable bonds is 12. The highest BCUT2D eigenvalue weighted by atomic mass is 16.6. The fourth-order valence-corrected chi connectivity index (χ4v) is 4.03. The Hall–Kier alpha value is -3.84. The fourth-order valence-electron chi connectivity index (χ4n) is 4.03. The molecule has 0 saturated carbocycles. The molecular formula is C30H34N2O5. The molecule has 1 saturated heterocycles. The number of nitrogens with zero attached hydrogens (tertiary/aromatic N) is 1. The summed E-state index contributed by atoms with van der Waals surface area (Å²) < 4.78 is 16.2. The van der Waals surface area contributed by atoms with Crippen molar-refractivity contribution < 1.29 is 23.8 Å². The van der Waals surface area contributed by atoms with Gasteiger partial charge in [0.2, 0.25) is 0 Å². The van der Waals surface area contributed by atoms with Crippen LogP contribution < -0.4 is 14.8 Å². The number of carbonyl (C=O) groups excluding carboxylic acids is 1. The second kappa shape index (κ2) is 14.0. The highest BCUT2D eigenvalue weighted by molar-refractivity contribution is 6.01. The second-order valence-electron chi connectivity index (χ2n) is 8.99. The van der Waals surface area contributed by atoms with Crippen LogP contribution >= 0.6 is 0 Å². The number of nitrogens with one attached hydrogen (secondary N) is 1. The molecule has 3 aromatic rings. The van der Waals surface area contributed by atoms with E-state index in [2.05, 4.69) is 10.5 Å². The predicted octanol–water partition coefficient (Wildman–Crippen LogP) is 4.78. The van der Waals surface area contributed by atoms with Crippen LogP contribution in [0.4, 0.5) is 0 Å². The van der Waals surface area contributed by atoms with Crippen molar-refractivity contribution in [3.63, 3.8) is 0 Å². The third-order valence-corrected chi connectivity index (χ3v) is 6.27. The lowest BCUT2D eigenvalue weighted by atomic mass is 10.0. The first-order valence-corrected chi connectivity index (χ1v) is 12.6. The average Bonchev–Trinajstić information content (AvgIpc) is 2.96. The highest BCUT2D eigenvalue weighted by Gasteiger charge is 2.15. The summed E-state index contributed by atoms with van der Waals surface area (Å²) in [5, 5.41) is 7.42. The Labute approximate surface area is 218 Å². The number of benzene rings is 3. The molecule has 1 aliphatic rings. The Bertz CT molecular complexity index is 1120. The van der Waals surface area contributed by atoms with Crippen LogP contribution in [0.5, 0.6) is 11.5 Å². The Kier molecular flexibility index (Phi) is 9.95. The molecule has 7 nitrogen and oxygen atoms in total. The summed E-state index contributed by atoms with van der Waals surface area (Å²) in [6.45, 7) is 2.58. The van der Waals surface area contributed by atoms with Crippen LogP contribution in [0.2, 0.25) is 0 Å². The van der Waals surface area contributed by atoms with Gasteiger partial charge in [-0.15, -0.1) is 0 Å². The first-order valence-electron chi connectivity index (χ1n) is 12.6. The molecule has 4 rings (SSSR count). The van der Waals surface area contributed by atoms with Crippen LogP contribution in [0.15, 0.2) is 84.0 Å². The third-order valence-electron chi connectivity index (χ3n) is 6.27. The molecule has 3 aromatic carbocycles. The summed E-state index contributed by atoms with van der Waals surface area (Å²) in [6, 6.07) is 25.4. The van der Waals surface area contributed by atoms with Crippen molar-refractivity contribution in [2.24, 2.45) is 11.1 Å². The van der Waals surface area contributed by atoms with Gasteiger partial charge < -0.3 is 24.4 Å². The summed E-state index contributed by atoms with van der Waals surface area (Å²) in [6.07, 6.45) is 2.57.